The minimum atomic E-state index is -0.682. The summed E-state index contributed by atoms with van der Waals surface area (Å²) in [6.07, 6.45) is 2.82. The number of carbonyl (C=O) groups is 1. The molecule has 1 rings (SSSR count). The second-order valence-corrected chi connectivity index (χ2v) is 5.76. The zero-order valence-corrected chi connectivity index (χ0v) is 10.4. The molecule has 0 aromatic carbocycles. The van der Waals surface area contributed by atoms with Crippen molar-refractivity contribution in [2.24, 2.45) is 5.92 Å². The van der Waals surface area contributed by atoms with Crippen LogP contribution in [0, 0.1) is 5.92 Å². The first kappa shape index (κ1) is 12.8. The monoisotopic (exact) mass is 231 g/mol. The third-order valence-corrected chi connectivity index (χ3v) is 4.11. The van der Waals surface area contributed by atoms with Gasteiger partial charge in [0.2, 0.25) is 0 Å². The minimum absolute atomic E-state index is 0.625. The van der Waals surface area contributed by atoms with Crippen LogP contribution in [0.1, 0.15) is 33.1 Å². The van der Waals surface area contributed by atoms with E-state index in [0.717, 1.165) is 31.6 Å². The first-order valence-electron chi connectivity index (χ1n) is 5.63. The Balaban J connectivity index is 2.46. The molecule has 0 aromatic heterocycles. The molecular weight excluding hydrogens is 210 g/mol. The van der Waals surface area contributed by atoms with Gasteiger partial charge >= 0.3 is 5.97 Å². The highest BCUT2D eigenvalue weighted by molar-refractivity contribution is 7.99. The van der Waals surface area contributed by atoms with Crippen molar-refractivity contribution in [2.45, 2.75) is 38.6 Å². The van der Waals surface area contributed by atoms with Gasteiger partial charge in [0, 0.05) is 5.75 Å². The molecule has 0 amide bonds. The molecule has 15 heavy (non-hydrogen) atoms. The molecule has 0 spiro atoms. The molecule has 1 saturated heterocycles. The van der Waals surface area contributed by atoms with Crippen LogP contribution in [0.4, 0.5) is 0 Å². The summed E-state index contributed by atoms with van der Waals surface area (Å²) in [6.45, 7) is 5.13. The number of hydrogen-bond donors (Lipinski definition) is 2. The van der Waals surface area contributed by atoms with Crippen molar-refractivity contribution in [1.82, 2.24) is 5.32 Å². The van der Waals surface area contributed by atoms with Crippen LogP contribution in [0.25, 0.3) is 0 Å². The van der Waals surface area contributed by atoms with E-state index in [9.17, 15) is 9.90 Å². The molecule has 88 valence electrons. The smallest absolute Gasteiger partial charge is 0.324 e. The average molecular weight is 231 g/mol. The molecule has 1 heterocycles. The van der Waals surface area contributed by atoms with E-state index >= 15 is 0 Å². The number of aliphatic carboxylic acids is 1. The van der Waals surface area contributed by atoms with E-state index in [1.165, 1.54) is 0 Å². The number of rotatable bonds is 5. The third-order valence-electron chi connectivity index (χ3n) is 2.84. The van der Waals surface area contributed by atoms with Crippen molar-refractivity contribution in [3.05, 3.63) is 0 Å². The Morgan fingerprint density at radius 3 is 2.80 bits per heavy atom. The number of carboxylic acid groups (broad SMARTS) is 1. The highest BCUT2D eigenvalue weighted by Gasteiger charge is 2.39. The Hall–Kier alpha value is -0.220. The summed E-state index contributed by atoms with van der Waals surface area (Å²) in [7, 11) is 0. The summed E-state index contributed by atoms with van der Waals surface area (Å²) in [6, 6.07) is 0. The zero-order chi connectivity index (χ0) is 11.3. The summed E-state index contributed by atoms with van der Waals surface area (Å²) >= 11 is 1.75. The molecular formula is C11H21NO2S. The van der Waals surface area contributed by atoms with Crippen molar-refractivity contribution in [3.8, 4) is 0 Å². The van der Waals surface area contributed by atoms with Gasteiger partial charge in [-0.05, 0) is 37.5 Å². The third kappa shape index (κ3) is 3.68. The SMILES string of the molecule is CC(C)CCNC1(C(=O)O)CCCSC1. The number of carboxylic acids is 1. The summed E-state index contributed by atoms with van der Waals surface area (Å²) in [4.78, 5) is 11.3. The summed E-state index contributed by atoms with van der Waals surface area (Å²) in [5, 5.41) is 12.5. The normalized spacial score (nSPS) is 26.9. The van der Waals surface area contributed by atoms with Crippen LogP contribution in [-0.2, 0) is 4.79 Å². The number of hydrogen-bond acceptors (Lipinski definition) is 3. The zero-order valence-electron chi connectivity index (χ0n) is 9.58. The molecule has 1 fully saturated rings. The minimum Gasteiger partial charge on any atom is -0.480 e. The lowest BCUT2D eigenvalue weighted by Crippen LogP contribution is -2.56. The van der Waals surface area contributed by atoms with Gasteiger partial charge in [-0.25, -0.2) is 0 Å². The van der Waals surface area contributed by atoms with Crippen molar-refractivity contribution in [3.63, 3.8) is 0 Å². The Labute approximate surface area is 96.0 Å². The highest BCUT2D eigenvalue weighted by Crippen LogP contribution is 2.27. The van der Waals surface area contributed by atoms with Crippen LogP contribution in [0.15, 0.2) is 0 Å². The van der Waals surface area contributed by atoms with Crippen molar-refractivity contribution < 1.29 is 9.90 Å². The maximum Gasteiger partial charge on any atom is 0.324 e. The maximum absolute atomic E-state index is 11.3. The Bertz CT molecular complexity index is 213. The molecule has 1 unspecified atom stereocenters. The van der Waals surface area contributed by atoms with Crippen molar-refractivity contribution in [2.75, 3.05) is 18.1 Å². The maximum atomic E-state index is 11.3. The van der Waals surface area contributed by atoms with Crippen LogP contribution in [-0.4, -0.2) is 34.7 Å². The molecule has 1 atom stereocenters. The van der Waals surface area contributed by atoms with Crippen LogP contribution in [0.5, 0.6) is 0 Å². The van der Waals surface area contributed by atoms with E-state index in [1.54, 1.807) is 11.8 Å². The van der Waals surface area contributed by atoms with E-state index in [-0.39, 0.29) is 0 Å². The highest BCUT2D eigenvalue weighted by atomic mass is 32.2. The van der Waals surface area contributed by atoms with Crippen molar-refractivity contribution in [1.29, 1.82) is 0 Å². The molecule has 0 saturated carbocycles. The molecule has 0 radical (unpaired) electrons. The molecule has 4 heteroatoms. The topological polar surface area (TPSA) is 49.3 Å². The van der Waals surface area contributed by atoms with Crippen LogP contribution in [0.2, 0.25) is 0 Å². The van der Waals surface area contributed by atoms with Gasteiger partial charge in [-0.15, -0.1) is 0 Å². The van der Waals surface area contributed by atoms with Crippen LogP contribution >= 0.6 is 11.8 Å². The van der Waals surface area contributed by atoms with Gasteiger partial charge in [-0.3, -0.25) is 4.79 Å². The van der Waals surface area contributed by atoms with E-state index in [0.29, 0.717) is 11.7 Å². The van der Waals surface area contributed by atoms with Gasteiger partial charge in [-0.2, -0.15) is 11.8 Å². The number of nitrogens with one attached hydrogen (secondary N) is 1. The molecule has 2 N–H and O–H groups in total. The van der Waals surface area contributed by atoms with Gasteiger partial charge in [-0.1, -0.05) is 13.8 Å². The fraction of sp³-hybridized carbons (Fsp3) is 0.909. The molecule has 1 aliphatic heterocycles. The van der Waals surface area contributed by atoms with Gasteiger partial charge in [0.05, 0.1) is 0 Å². The van der Waals surface area contributed by atoms with E-state index in [1.807, 2.05) is 0 Å². The van der Waals surface area contributed by atoms with E-state index in [2.05, 4.69) is 19.2 Å². The summed E-state index contributed by atoms with van der Waals surface area (Å²) in [5.41, 5.74) is -0.655. The molecule has 3 nitrogen and oxygen atoms in total. The predicted molar refractivity (Wildman–Crippen MR) is 64.4 cm³/mol. The largest absolute Gasteiger partial charge is 0.480 e. The lowest BCUT2D eigenvalue weighted by atomic mass is 9.95. The van der Waals surface area contributed by atoms with Gasteiger partial charge < -0.3 is 10.4 Å². The standard InChI is InChI=1S/C11H21NO2S/c1-9(2)4-6-12-11(10(13)14)5-3-7-15-8-11/h9,12H,3-8H2,1-2H3,(H,13,14). The Kier molecular flexibility index (Phi) is 4.93. The first-order valence-corrected chi connectivity index (χ1v) is 6.78. The average Bonchev–Trinajstić information content (AvgIpc) is 2.18. The second-order valence-electron chi connectivity index (χ2n) is 4.65. The second kappa shape index (κ2) is 5.75. The molecule has 0 bridgehead atoms. The van der Waals surface area contributed by atoms with E-state index < -0.39 is 11.5 Å². The summed E-state index contributed by atoms with van der Waals surface area (Å²) < 4.78 is 0. The van der Waals surface area contributed by atoms with Crippen LogP contribution < -0.4 is 5.32 Å². The number of thioether (sulfide) groups is 1. The van der Waals surface area contributed by atoms with Crippen molar-refractivity contribution >= 4 is 17.7 Å². The lowest BCUT2D eigenvalue weighted by Gasteiger charge is -2.34. The van der Waals surface area contributed by atoms with Gasteiger partial charge in [0.1, 0.15) is 5.54 Å². The van der Waals surface area contributed by atoms with E-state index in [4.69, 9.17) is 0 Å². The summed E-state index contributed by atoms with van der Waals surface area (Å²) in [5.74, 6) is 1.75. The van der Waals surface area contributed by atoms with Gasteiger partial charge in [0.25, 0.3) is 0 Å². The van der Waals surface area contributed by atoms with Crippen LogP contribution in [0.3, 0.4) is 0 Å². The fourth-order valence-corrected chi connectivity index (χ4v) is 2.99. The van der Waals surface area contributed by atoms with Gasteiger partial charge in [0.15, 0.2) is 0 Å². The first-order chi connectivity index (χ1) is 7.07. The quantitative estimate of drug-likeness (QED) is 0.759. The Morgan fingerprint density at radius 1 is 1.60 bits per heavy atom. The Morgan fingerprint density at radius 2 is 2.33 bits per heavy atom. The lowest BCUT2D eigenvalue weighted by molar-refractivity contribution is -0.144. The molecule has 1 aliphatic rings. The molecule has 0 aliphatic carbocycles. The fourth-order valence-electron chi connectivity index (χ4n) is 1.78. The predicted octanol–water partition coefficient (Wildman–Crippen LogP) is 1.97. The molecule has 0 aromatic rings.